The first-order valence-electron chi connectivity index (χ1n) is 6.17. The molecule has 2 aromatic heterocycles. The molecule has 0 radical (unpaired) electrons. The standard InChI is InChI=1S/C11H17N5O3S/c1-3-12-5-9-6-14-16-11(9)20(17,18)15-7-10-13-4-8(2)19-10/h4,6,12,15H,3,5,7H2,1-2H3,(H,14,16). The van der Waals surface area contributed by atoms with Crippen LogP contribution >= 0.6 is 0 Å². The van der Waals surface area contributed by atoms with Crippen molar-refractivity contribution in [3.63, 3.8) is 0 Å². The zero-order chi connectivity index (χ0) is 14.6. The summed E-state index contributed by atoms with van der Waals surface area (Å²) in [5.41, 5.74) is 0.586. The first-order valence-corrected chi connectivity index (χ1v) is 7.65. The van der Waals surface area contributed by atoms with Gasteiger partial charge in [-0.3, -0.25) is 5.10 Å². The van der Waals surface area contributed by atoms with Crippen LogP contribution in [0.15, 0.2) is 21.8 Å². The monoisotopic (exact) mass is 299 g/mol. The maximum atomic E-state index is 12.2. The van der Waals surface area contributed by atoms with E-state index in [1.807, 2.05) is 6.92 Å². The summed E-state index contributed by atoms with van der Waals surface area (Å²) in [6.45, 7) is 4.86. The number of sulfonamides is 1. The van der Waals surface area contributed by atoms with Crippen LogP contribution < -0.4 is 10.0 Å². The van der Waals surface area contributed by atoms with Crippen molar-refractivity contribution < 1.29 is 12.8 Å². The summed E-state index contributed by atoms with van der Waals surface area (Å²) in [6, 6.07) is 0. The van der Waals surface area contributed by atoms with E-state index in [-0.39, 0.29) is 11.6 Å². The van der Waals surface area contributed by atoms with Crippen LogP contribution in [0.3, 0.4) is 0 Å². The summed E-state index contributed by atoms with van der Waals surface area (Å²) in [4.78, 5) is 3.94. The molecule has 2 heterocycles. The fourth-order valence-corrected chi connectivity index (χ4v) is 2.73. The van der Waals surface area contributed by atoms with E-state index >= 15 is 0 Å². The molecule has 20 heavy (non-hydrogen) atoms. The maximum absolute atomic E-state index is 12.2. The van der Waals surface area contributed by atoms with Crippen molar-refractivity contribution in [2.24, 2.45) is 0 Å². The molecule has 0 aliphatic heterocycles. The fraction of sp³-hybridized carbons (Fsp3) is 0.455. The third-order valence-electron chi connectivity index (χ3n) is 2.59. The molecule has 0 saturated carbocycles. The minimum Gasteiger partial charge on any atom is -0.445 e. The summed E-state index contributed by atoms with van der Waals surface area (Å²) in [5, 5.41) is 9.40. The molecular weight excluding hydrogens is 282 g/mol. The third-order valence-corrected chi connectivity index (χ3v) is 4.01. The van der Waals surface area contributed by atoms with Crippen molar-refractivity contribution in [3.8, 4) is 0 Å². The molecule has 0 aromatic carbocycles. The quantitative estimate of drug-likeness (QED) is 0.677. The van der Waals surface area contributed by atoms with Crippen molar-refractivity contribution in [2.75, 3.05) is 6.54 Å². The highest BCUT2D eigenvalue weighted by Gasteiger charge is 2.21. The Morgan fingerprint density at radius 1 is 1.35 bits per heavy atom. The van der Waals surface area contributed by atoms with Gasteiger partial charge in [0.15, 0.2) is 5.03 Å². The van der Waals surface area contributed by atoms with Crippen LogP contribution in [0.1, 0.15) is 24.1 Å². The lowest BCUT2D eigenvalue weighted by Crippen LogP contribution is -2.25. The Bertz CT molecular complexity index is 661. The molecule has 0 unspecified atom stereocenters. The lowest BCUT2D eigenvalue weighted by Gasteiger charge is -2.05. The molecule has 9 heteroatoms. The Hall–Kier alpha value is -1.71. The number of aryl methyl sites for hydroxylation is 1. The summed E-state index contributed by atoms with van der Waals surface area (Å²) in [5.74, 6) is 0.951. The van der Waals surface area contributed by atoms with Gasteiger partial charge in [0.2, 0.25) is 5.89 Å². The molecular formula is C11H17N5O3S. The molecule has 110 valence electrons. The van der Waals surface area contributed by atoms with Crippen molar-refractivity contribution in [1.29, 1.82) is 0 Å². The van der Waals surface area contributed by atoms with Gasteiger partial charge in [-0.05, 0) is 13.5 Å². The van der Waals surface area contributed by atoms with Gasteiger partial charge in [-0.15, -0.1) is 0 Å². The largest absolute Gasteiger partial charge is 0.445 e. The molecule has 0 aliphatic carbocycles. The molecule has 2 aromatic rings. The number of hydrogen-bond donors (Lipinski definition) is 3. The first-order chi connectivity index (χ1) is 9.53. The number of aromatic nitrogens is 3. The van der Waals surface area contributed by atoms with Gasteiger partial charge in [0.05, 0.1) is 18.9 Å². The smallest absolute Gasteiger partial charge is 0.258 e. The Balaban J connectivity index is 2.08. The van der Waals surface area contributed by atoms with E-state index in [1.54, 1.807) is 6.92 Å². The number of H-pyrrole nitrogens is 1. The maximum Gasteiger partial charge on any atom is 0.258 e. The van der Waals surface area contributed by atoms with Crippen LogP contribution in [-0.4, -0.2) is 30.1 Å². The number of aromatic amines is 1. The van der Waals surface area contributed by atoms with Crippen molar-refractivity contribution >= 4 is 10.0 Å². The highest BCUT2D eigenvalue weighted by Crippen LogP contribution is 2.12. The van der Waals surface area contributed by atoms with Gasteiger partial charge in [-0.1, -0.05) is 6.92 Å². The highest BCUT2D eigenvalue weighted by molar-refractivity contribution is 7.89. The normalized spacial score (nSPS) is 11.9. The van der Waals surface area contributed by atoms with Gasteiger partial charge in [0, 0.05) is 12.1 Å². The highest BCUT2D eigenvalue weighted by atomic mass is 32.2. The van der Waals surface area contributed by atoms with Gasteiger partial charge in [0.1, 0.15) is 5.76 Å². The molecule has 0 atom stereocenters. The Kier molecular flexibility index (Phi) is 4.53. The zero-order valence-corrected chi connectivity index (χ0v) is 12.1. The number of rotatable bonds is 7. The predicted molar refractivity (Wildman–Crippen MR) is 71.2 cm³/mol. The SMILES string of the molecule is CCNCc1cn[nH]c1S(=O)(=O)NCc1ncc(C)o1. The van der Waals surface area contributed by atoms with Gasteiger partial charge >= 0.3 is 0 Å². The Morgan fingerprint density at radius 3 is 2.80 bits per heavy atom. The van der Waals surface area contributed by atoms with Crippen LogP contribution in [0, 0.1) is 6.92 Å². The molecule has 2 rings (SSSR count). The van der Waals surface area contributed by atoms with Crippen LogP contribution in [0.5, 0.6) is 0 Å². The molecule has 0 fully saturated rings. The van der Waals surface area contributed by atoms with Gasteiger partial charge in [-0.2, -0.15) is 5.10 Å². The molecule has 0 spiro atoms. The van der Waals surface area contributed by atoms with E-state index in [2.05, 4.69) is 25.2 Å². The second-order valence-electron chi connectivity index (χ2n) is 4.19. The fourth-order valence-electron chi connectivity index (χ4n) is 1.63. The third kappa shape index (κ3) is 3.44. The first kappa shape index (κ1) is 14.7. The van der Waals surface area contributed by atoms with Crippen molar-refractivity contribution in [3.05, 3.63) is 29.6 Å². The number of nitrogens with one attached hydrogen (secondary N) is 3. The van der Waals surface area contributed by atoms with E-state index < -0.39 is 10.0 Å². The van der Waals surface area contributed by atoms with Crippen LogP contribution in [0.25, 0.3) is 0 Å². The summed E-state index contributed by atoms with van der Waals surface area (Å²) in [7, 11) is -3.68. The van der Waals surface area contributed by atoms with Crippen molar-refractivity contribution in [2.45, 2.75) is 32.0 Å². The predicted octanol–water partition coefficient (Wildman–Crippen LogP) is 0.294. The molecule has 0 amide bonds. The van der Waals surface area contributed by atoms with E-state index in [1.165, 1.54) is 12.4 Å². The molecule has 0 saturated heterocycles. The number of nitrogens with zero attached hydrogens (tertiary/aromatic N) is 2. The minimum atomic E-state index is -3.68. The number of oxazole rings is 1. The lowest BCUT2D eigenvalue weighted by molar-refractivity contribution is 0.463. The van der Waals surface area contributed by atoms with E-state index in [9.17, 15) is 8.42 Å². The van der Waals surface area contributed by atoms with E-state index in [0.717, 1.165) is 6.54 Å². The second-order valence-corrected chi connectivity index (χ2v) is 5.90. The second kappa shape index (κ2) is 6.16. The summed E-state index contributed by atoms with van der Waals surface area (Å²) >= 11 is 0. The Morgan fingerprint density at radius 2 is 2.15 bits per heavy atom. The summed E-state index contributed by atoms with van der Waals surface area (Å²) in [6.07, 6.45) is 3.03. The van der Waals surface area contributed by atoms with Crippen LogP contribution in [0.4, 0.5) is 0 Å². The Labute approximate surface area is 117 Å². The minimum absolute atomic E-state index is 0.00413. The van der Waals surface area contributed by atoms with Gasteiger partial charge < -0.3 is 9.73 Å². The van der Waals surface area contributed by atoms with Gasteiger partial charge in [-0.25, -0.2) is 18.1 Å². The van der Waals surface area contributed by atoms with Crippen molar-refractivity contribution in [1.82, 2.24) is 25.2 Å². The average molecular weight is 299 g/mol. The van der Waals surface area contributed by atoms with E-state index in [4.69, 9.17) is 4.42 Å². The average Bonchev–Trinajstić information content (AvgIpc) is 3.03. The van der Waals surface area contributed by atoms with Crippen LogP contribution in [-0.2, 0) is 23.1 Å². The lowest BCUT2D eigenvalue weighted by atomic mass is 10.3. The molecule has 0 aliphatic rings. The summed E-state index contributed by atoms with van der Waals surface area (Å²) < 4.78 is 32.0. The molecule has 8 nitrogen and oxygen atoms in total. The van der Waals surface area contributed by atoms with Crippen LogP contribution in [0.2, 0.25) is 0 Å². The zero-order valence-electron chi connectivity index (χ0n) is 11.3. The van der Waals surface area contributed by atoms with E-state index in [0.29, 0.717) is 23.8 Å². The molecule has 0 bridgehead atoms. The van der Waals surface area contributed by atoms with Gasteiger partial charge in [0.25, 0.3) is 10.0 Å². The number of hydrogen-bond acceptors (Lipinski definition) is 6. The topological polar surface area (TPSA) is 113 Å². The molecule has 3 N–H and O–H groups in total.